The Balaban J connectivity index is 1.57. The van der Waals surface area contributed by atoms with Crippen molar-refractivity contribution in [2.75, 3.05) is 12.4 Å². The summed E-state index contributed by atoms with van der Waals surface area (Å²) in [5.74, 6) is -0.264. The molecule has 3 aromatic rings. The summed E-state index contributed by atoms with van der Waals surface area (Å²) in [4.78, 5) is 30.2. The van der Waals surface area contributed by atoms with E-state index in [2.05, 4.69) is 28.3 Å². The number of para-hydroxylation sites is 2. The summed E-state index contributed by atoms with van der Waals surface area (Å²) >= 11 is 0. The van der Waals surface area contributed by atoms with Crippen LogP contribution >= 0.6 is 0 Å². The van der Waals surface area contributed by atoms with Crippen LogP contribution in [-0.4, -0.2) is 28.9 Å². The highest BCUT2D eigenvalue weighted by atomic mass is 16.2. The Bertz CT molecular complexity index is 1070. The van der Waals surface area contributed by atoms with E-state index in [1.807, 2.05) is 36.4 Å². The maximum Gasteiger partial charge on any atom is 0.256 e. The molecule has 5 nitrogen and oxygen atoms in total. The Labute approximate surface area is 170 Å². The van der Waals surface area contributed by atoms with E-state index in [1.165, 1.54) is 38.2 Å². The minimum Gasteiger partial charge on any atom is -0.322 e. The molecule has 1 aliphatic carbocycles. The third kappa shape index (κ3) is 4.40. The lowest BCUT2D eigenvalue weighted by Gasteiger charge is -2.31. The normalized spacial score (nSPS) is 15.0. The van der Waals surface area contributed by atoms with Crippen molar-refractivity contribution in [3.8, 4) is 0 Å². The third-order valence-electron chi connectivity index (χ3n) is 5.88. The number of carbonyl (C=O) groups excluding carboxylic acids is 1. The zero-order chi connectivity index (χ0) is 20.2. The minimum atomic E-state index is -0.279. The summed E-state index contributed by atoms with van der Waals surface area (Å²) in [6, 6.07) is 17.3. The molecular weight excluding hydrogens is 362 g/mol. The van der Waals surface area contributed by atoms with Gasteiger partial charge in [0, 0.05) is 35.2 Å². The molecule has 0 unspecified atom stereocenters. The van der Waals surface area contributed by atoms with Crippen LogP contribution in [0.2, 0.25) is 0 Å². The predicted octanol–water partition coefficient (Wildman–Crippen LogP) is 4.54. The summed E-state index contributed by atoms with van der Waals surface area (Å²) in [5, 5.41) is 3.77. The molecule has 1 aromatic heterocycles. The van der Waals surface area contributed by atoms with Gasteiger partial charge in [-0.2, -0.15) is 0 Å². The van der Waals surface area contributed by atoms with Crippen LogP contribution in [0.5, 0.6) is 0 Å². The van der Waals surface area contributed by atoms with E-state index in [0.29, 0.717) is 17.1 Å². The van der Waals surface area contributed by atoms with Gasteiger partial charge in [-0.25, -0.2) is 0 Å². The minimum absolute atomic E-state index is 0.264. The maximum absolute atomic E-state index is 13.0. The molecule has 1 fully saturated rings. The predicted molar refractivity (Wildman–Crippen MR) is 117 cm³/mol. The van der Waals surface area contributed by atoms with Crippen molar-refractivity contribution in [1.82, 2.24) is 9.88 Å². The topological polar surface area (TPSA) is 65.2 Å². The molecule has 0 spiro atoms. The molecule has 1 aliphatic rings. The summed E-state index contributed by atoms with van der Waals surface area (Å²) in [5.41, 5.74) is 2.65. The number of anilines is 1. The second-order valence-electron chi connectivity index (χ2n) is 7.91. The van der Waals surface area contributed by atoms with Crippen molar-refractivity contribution in [2.24, 2.45) is 0 Å². The summed E-state index contributed by atoms with van der Waals surface area (Å²) in [7, 11) is 2.17. The molecule has 0 bridgehead atoms. The zero-order valence-corrected chi connectivity index (χ0v) is 16.8. The largest absolute Gasteiger partial charge is 0.322 e. The van der Waals surface area contributed by atoms with Crippen LogP contribution in [0.1, 0.15) is 48.0 Å². The van der Waals surface area contributed by atoms with Gasteiger partial charge in [-0.15, -0.1) is 0 Å². The van der Waals surface area contributed by atoms with Gasteiger partial charge in [-0.05, 0) is 37.6 Å². The van der Waals surface area contributed by atoms with Crippen LogP contribution in [-0.2, 0) is 6.54 Å². The molecule has 0 radical (unpaired) electrons. The van der Waals surface area contributed by atoms with E-state index in [9.17, 15) is 9.59 Å². The Morgan fingerprint density at radius 2 is 1.79 bits per heavy atom. The number of carbonyl (C=O) groups is 1. The lowest BCUT2D eigenvalue weighted by molar-refractivity contribution is 0.102. The number of hydrogen-bond acceptors (Lipinski definition) is 3. The number of rotatable bonds is 5. The SMILES string of the molecule is CN(Cc1ccccc1NC(=O)c1cc(=O)[nH]c2ccccc12)C1CCCCC1. The maximum atomic E-state index is 13.0. The highest BCUT2D eigenvalue weighted by Crippen LogP contribution is 2.25. The van der Waals surface area contributed by atoms with E-state index in [1.54, 1.807) is 6.07 Å². The van der Waals surface area contributed by atoms with Gasteiger partial charge in [0.15, 0.2) is 0 Å². The fourth-order valence-electron chi connectivity index (χ4n) is 4.28. The summed E-state index contributed by atoms with van der Waals surface area (Å²) in [6.07, 6.45) is 6.40. The smallest absolute Gasteiger partial charge is 0.256 e. The first-order valence-electron chi connectivity index (χ1n) is 10.3. The molecule has 0 atom stereocenters. The van der Waals surface area contributed by atoms with Crippen LogP contribution in [0.4, 0.5) is 5.69 Å². The average Bonchev–Trinajstić information content (AvgIpc) is 2.75. The monoisotopic (exact) mass is 389 g/mol. The second-order valence-corrected chi connectivity index (χ2v) is 7.91. The fourth-order valence-corrected chi connectivity index (χ4v) is 4.28. The van der Waals surface area contributed by atoms with Gasteiger partial charge in [-0.3, -0.25) is 14.5 Å². The first-order valence-corrected chi connectivity index (χ1v) is 10.3. The third-order valence-corrected chi connectivity index (χ3v) is 5.88. The quantitative estimate of drug-likeness (QED) is 0.673. The molecule has 2 aromatic carbocycles. The molecule has 0 saturated heterocycles. The van der Waals surface area contributed by atoms with E-state index in [-0.39, 0.29) is 11.5 Å². The molecule has 1 amide bonds. The van der Waals surface area contributed by atoms with E-state index in [0.717, 1.165) is 23.2 Å². The Hall–Kier alpha value is -2.92. The molecule has 150 valence electrons. The van der Waals surface area contributed by atoms with Crippen LogP contribution < -0.4 is 10.9 Å². The van der Waals surface area contributed by atoms with Crippen molar-refractivity contribution in [3.63, 3.8) is 0 Å². The Kier molecular flexibility index (Phi) is 5.76. The van der Waals surface area contributed by atoms with E-state index in [4.69, 9.17) is 0 Å². The molecule has 2 N–H and O–H groups in total. The molecule has 29 heavy (non-hydrogen) atoms. The van der Waals surface area contributed by atoms with Crippen molar-refractivity contribution < 1.29 is 4.79 Å². The fraction of sp³-hybridized carbons (Fsp3) is 0.333. The number of benzene rings is 2. The van der Waals surface area contributed by atoms with Crippen LogP contribution in [0.25, 0.3) is 10.9 Å². The van der Waals surface area contributed by atoms with Gasteiger partial charge in [-0.1, -0.05) is 55.7 Å². The first kappa shape index (κ1) is 19.4. The standard InChI is InChI=1S/C24H27N3O2/c1-27(18-10-3-2-4-11-18)16-17-9-5-7-13-21(17)26-24(29)20-15-23(28)25-22-14-8-6-12-19(20)22/h5-9,12-15,18H,2-4,10-11,16H2,1H3,(H,25,28)(H,26,29). The second kappa shape index (κ2) is 8.62. The van der Waals surface area contributed by atoms with Gasteiger partial charge in [0.05, 0.1) is 5.56 Å². The Morgan fingerprint density at radius 3 is 2.62 bits per heavy atom. The molecule has 5 heteroatoms. The van der Waals surface area contributed by atoms with E-state index < -0.39 is 0 Å². The number of nitrogens with one attached hydrogen (secondary N) is 2. The Morgan fingerprint density at radius 1 is 1.07 bits per heavy atom. The van der Waals surface area contributed by atoms with Crippen molar-refractivity contribution in [1.29, 1.82) is 0 Å². The molecule has 0 aliphatic heterocycles. The highest BCUT2D eigenvalue weighted by molar-refractivity contribution is 6.12. The number of fused-ring (bicyclic) bond motifs is 1. The van der Waals surface area contributed by atoms with Crippen molar-refractivity contribution in [2.45, 2.75) is 44.7 Å². The average molecular weight is 389 g/mol. The first-order chi connectivity index (χ1) is 14.1. The molecular formula is C24H27N3O2. The van der Waals surface area contributed by atoms with Gasteiger partial charge in [0.25, 0.3) is 5.91 Å². The zero-order valence-electron chi connectivity index (χ0n) is 16.8. The van der Waals surface area contributed by atoms with Gasteiger partial charge < -0.3 is 10.3 Å². The van der Waals surface area contributed by atoms with Crippen LogP contribution in [0, 0.1) is 0 Å². The lowest BCUT2D eigenvalue weighted by Crippen LogP contribution is -2.33. The van der Waals surface area contributed by atoms with Crippen LogP contribution in [0.3, 0.4) is 0 Å². The van der Waals surface area contributed by atoms with Gasteiger partial charge in [0.1, 0.15) is 0 Å². The van der Waals surface area contributed by atoms with Crippen molar-refractivity contribution in [3.05, 3.63) is 76.1 Å². The van der Waals surface area contributed by atoms with Gasteiger partial charge in [0.2, 0.25) is 5.56 Å². The van der Waals surface area contributed by atoms with Crippen LogP contribution in [0.15, 0.2) is 59.4 Å². The number of aromatic nitrogens is 1. The molecule has 4 rings (SSSR count). The van der Waals surface area contributed by atoms with Gasteiger partial charge >= 0.3 is 0 Å². The molecule has 1 saturated carbocycles. The highest BCUT2D eigenvalue weighted by Gasteiger charge is 2.19. The number of hydrogen-bond donors (Lipinski definition) is 2. The molecule has 1 heterocycles. The summed E-state index contributed by atoms with van der Waals surface area (Å²) in [6.45, 7) is 0.789. The lowest BCUT2D eigenvalue weighted by atomic mass is 9.94. The number of nitrogens with zero attached hydrogens (tertiary/aromatic N) is 1. The number of pyridine rings is 1. The number of amides is 1. The number of aromatic amines is 1. The summed E-state index contributed by atoms with van der Waals surface area (Å²) < 4.78 is 0. The van der Waals surface area contributed by atoms with Crippen molar-refractivity contribution >= 4 is 22.5 Å². The number of H-pyrrole nitrogens is 1. The van der Waals surface area contributed by atoms with E-state index >= 15 is 0 Å².